The Kier molecular flexibility index (Phi) is 4.18. The van der Waals surface area contributed by atoms with Gasteiger partial charge in [-0.1, -0.05) is 0 Å². The lowest BCUT2D eigenvalue weighted by Crippen LogP contribution is -2.42. The van der Waals surface area contributed by atoms with Crippen molar-refractivity contribution in [2.75, 3.05) is 6.54 Å². The van der Waals surface area contributed by atoms with Crippen LogP contribution in [0.1, 0.15) is 45.2 Å². The van der Waals surface area contributed by atoms with Crippen LogP contribution in [0.2, 0.25) is 0 Å². The average molecular weight is 287 g/mol. The third-order valence-corrected chi connectivity index (χ3v) is 5.17. The molecule has 1 aliphatic heterocycles. The maximum Gasteiger partial charge on any atom is 0.137 e. The van der Waals surface area contributed by atoms with Gasteiger partial charge in [-0.3, -0.25) is 0 Å². The second-order valence-electron chi connectivity index (χ2n) is 5.83. The monoisotopic (exact) mass is 287 g/mol. The van der Waals surface area contributed by atoms with Crippen molar-refractivity contribution in [3.05, 3.63) is 35.4 Å². The van der Waals surface area contributed by atoms with E-state index < -0.39 is 27.7 Å². The number of rotatable bonds is 2. The molecule has 2 rings (SSSR count). The third-order valence-electron chi connectivity index (χ3n) is 3.26. The van der Waals surface area contributed by atoms with Crippen molar-refractivity contribution in [2.24, 2.45) is 0 Å². The summed E-state index contributed by atoms with van der Waals surface area (Å²) in [5, 5.41) is 0. The molecule has 1 heterocycles. The Balaban J connectivity index is 2.31. The van der Waals surface area contributed by atoms with Gasteiger partial charge in [-0.15, -0.1) is 4.31 Å². The standard InChI is InChI=1S/C14H19F2NOS/c1-14(2,3)19(18)17-8-4-5-13(17)11-9-10(15)6-7-12(11)16/h6-7,9,13H,4-5,8H2,1-3H3/t13-,19+/m1/s1. The normalized spacial score (nSPS) is 22.7. The van der Waals surface area contributed by atoms with Crippen LogP contribution in [0.25, 0.3) is 0 Å². The van der Waals surface area contributed by atoms with Gasteiger partial charge in [0.2, 0.25) is 0 Å². The van der Waals surface area contributed by atoms with E-state index in [0.717, 1.165) is 18.6 Å². The number of hydrogen-bond acceptors (Lipinski definition) is 2. The van der Waals surface area contributed by atoms with E-state index in [1.54, 1.807) is 4.31 Å². The van der Waals surface area contributed by atoms with Crippen LogP contribution in [0.5, 0.6) is 0 Å². The third kappa shape index (κ3) is 3.09. The molecule has 1 saturated heterocycles. The summed E-state index contributed by atoms with van der Waals surface area (Å²) < 4.78 is 41.0. The molecule has 1 aliphatic rings. The van der Waals surface area contributed by atoms with Crippen molar-refractivity contribution in [3.8, 4) is 0 Å². The molecule has 5 heteroatoms. The van der Waals surface area contributed by atoms with Gasteiger partial charge in [-0.05, 0) is 51.8 Å². The van der Waals surface area contributed by atoms with Crippen LogP contribution in [0.15, 0.2) is 18.2 Å². The predicted molar refractivity (Wildman–Crippen MR) is 72.9 cm³/mol. The Bertz CT molecular complexity index is 461. The predicted octanol–water partition coefficient (Wildman–Crippen LogP) is 3.56. The molecule has 1 aromatic carbocycles. The average Bonchev–Trinajstić information content (AvgIpc) is 2.78. The fourth-order valence-corrected chi connectivity index (χ4v) is 3.82. The maximum atomic E-state index is 13.9. The first-order chi connectivity index (χ1) is 8.80. The molecular weight excluding hydrogens is 268 g/mol. The molecule has 0 N–H and O–H groups in total. The molecular formula is C14H19F2NOS. The van der Waals surface area contributed by atoms with E-state index in [1.807, 2.05) is 20.8 Å². The van der Waals surface area contributed by atoms with Gasteiger partial charge >= 0.3 is 0 Å². The fourth-order valence-electron chi connectivity index (χ4n) is 2.37. The summed E-state index contributed by atoms with van der Waals surface area (Å²) >= 11 is -1.21. The highest BCUT2D eigenvalue weighted by Gasteiger charge is 2.41. The second-order valence-corrected chi connectivity index (χ2v) is 8.02. The van der Waals surface area contributed by atoms with Crippen molar-refractivity contribution in [1.29, 1.82) is 0 Å². The molecule has 1 fully saturated rings. The first kappa shape index (κ1) is 14.8. The van der Waals surface area contributed by atoms with Crippen molar-refractivity contribution in [3.63, 3.8) is 0 Å². The Morgan fingerprint density at radius 1 is 1.32 bits per heavy atom. The summed E-state index contributed by atoms with van der Waals surface area (Å²) in [4.78, 5) is 0. The topological polar surface area (TPSA) is 26.3 Å². The Labute approximate surface area is 116 Å². The molecule has 0 spiro atoms. The molecule has 19 heavy (non-hydrogen) atoms. The van der Waals surface area contributed by atoms with Gasteiger partial charge in [0, 0.05) is 23.5 Å². The summed E-state index contributed by atoms with van der Waals surface area (Å²) in [6.07, 6.45) is 1.56. The van der Waals surface area contributed by atoms with Crippen LogP contribution in [-0.4, -0.2) is 20.1 Å². The number of halogens is 2. The molecule has 2 atom stereocenters. The molecule has 0 aliphatic carbocycles. The van der Waals surface area contributed by atoms with Crippen LogP contribution in [-0.2, 0) is 11.4 Å². The molecule has 2 nitrogen and oxygen atoms in total. The zero-order chi connectivity index (χ0) is 14.2. The molecule has 0 radical (unpaired) electrons. The largest absolute Gasteiger partial charge is 0.597 e. The summed E-state index contributed by atoms with van der Waals surface area (Å²) in [6.45, 7) is 6.33. The minimum absolute atomic E-state index is 0.296. The van der Waals surface area contributed by atoms with Gasteiger partial charge in [0.15, 0.2) is 0 Å². The highest BCUT2D eigenvalue weighted by atomic mass is 32.2. The van der Waals surface area contributed by atoms with Gasteiger partial charge in [0.05, 0.1) is 6.04 Å². The highest BCUT2D eigenvalue weighted by molar-refractivity contribution is 7.90. The Morgan fingerprint density at radius 2 is 2.00 bits per heavy atom. The number of benzene rings is 1. The molecule has 0 bridgehead atoms. The van der Waals surface area contributed by atoms with Crippen LogP contribution in [0, 0.1) is 11.6 Å². The lowest BCUT2D eigenvalue weighted by atomic mass is 10.0. The fraction of sp³-hybridized carbons (Fsp3) is 0.571. The van der Waals surface area contributed by atoms with Crippen molar-refractivity contribution in [2.45, 2.75) is 44.4 Å². The van der Waals surface area contributed by atoms with E-state index in [2.05, 4.69) is 0 Å². The van der Waals surface area contributed by atoms with Gasteiger partial charge in [0.1, 0.15) is 16.4 Å². The van der Waals surface area contributed by atoms with Crippen LogP contribution < -0.4 is 0 Å². The molecule has 1 aromatic rings. The van der Waals surface area contributed by atoms with E-state index in [9.17, 15) is 13.3 Å². The zero-order valence-corrected chi connectivity index (χ0v) is 12.3. The van der Waals surface area contributed by atoms with Crippen LogP contribution in [0.3, 0.4) is 0 Å². The van der Waals surface area contributed by atoms with E-state index >= 15 is 0 Å². The van der Waals surface area contributed by atoms with Gasteiger partial charge in [-0.2, -0.15) is 0 Å². The molecule has 0 unspecified atom stereocenters. The van der Waals surface area contributed by atoms with Crippen LogP contribution >= 0.6 is 0 Å². The smallest absolute Gasteiger partial charge is 0.137 e. The Hall–Kier alpha value is -0.650. The number of hydrogen-bond donors (Lipinski definition) is 0. The molecule has 0 aromatic heterocycles. The van der Waals surface area contributed by atoms with Crippen molar-refractivity contribution < 1.29 is 13.3 Å². The van der Waals surface area contributed by atoms with E-state index in [4.69, 9.17) is 0 Å². The van der Waals surface area contributed by atoms with Gasteiger partial charge < -0.3 is 4.55 Å². The summed E-state index contributed by atoms with van der Waals surface area (Å²) in [6, 6.07) is 3.17. The minimum Gasteiger partial charge on any atom is -0.597 e. The SMILES string of the molecule is CC(C)(C)[S@+]([O-])N1CCC[C@@H]1c1cc(F)ccc1F. The molecule has 106 valence electrons. The highest BCUT2D eigenvalue weighted by Crippen LogP contribution is 2.38. The van der Waals surface area contributed by atoms with Crippen molar-refractivity contribution >= 4 is 11.4 Å². The van der Waals surface area contributed by atoms with Gasteiger partial charge in [-0.25, -0.2) is 8.78 Å². The Morgan fingerprint density at radius 3 is 2.63 bits per heavy atom. The number of nitrogens with zero attached hydrogens (tertiary/aromatic N) is 1. The van der Waals surface area contributed by atoms with Crippen LogP contribution in [0.4, 0.5) is 8.78 Å². The van der Waals surface area contributed by atoms with E-state index in [1.165, 1.54) is 6.07 Å². The van der Waals surface area contributed by atoms with Gasteiger partial charge in [0.25, 0.3) is 0 Å². The van der Waals surface area contributed by atoms with E-state index in [-0.39, 0.29) is 6.04 Å². The lowest BCUT2D eigenvalue weighted by molar-refractivity contribution is 0.371. The lowest BCUT2D eigenvalue weighted by Gasteiger charge is -2.33. The minimum atomic E-state index is -1.21. The zero-order valence-electron chi connectivity index (χ0n) is 11.5. The molecule has 0 saturated carbocycles. The van der Waals surface area contributed by atoms with E-state index in [0.29, 0.717) is 18.5 Å². The first-order valence-corrected chi connectivity index (χ1v) is 7.55. The summed E-state index contributed by atoms with van der Waals surface area (Å²) in [7, 11) is 0. The maximum absolute atomic E-state index is 13.9. The second kappa shape index (κ2) is 5.38. The summed E-state index contributed by atoms with van der Waals surface area (Å²) in [5.41, 5.74) is 0.315. The molecule has 0 amide bonds. The quantitative estimate of drug-likeness (QED) is 0.777. The summed E-state index contributed by atoms with van der Waals surface area (Å²) in [5.74, 6) is -0.881. The van der Waals surface area contributed by atoms with Crippen molar-refractivity contribution in [1.82, 2.24) is 4.31 Å². The first-order valence-electron chi connectivity index (χ1n) is 6.44.